The average Bonchev–Trinajstić information content (AvgIpc) is 2.47. The van der Waals surface area contributed by atoms with Crippen LogP contribution in [-0.4, -0.2) is 32.1 Å². The number of carbonyl (C=O) groups excluding carboxylic acids is 1. The van der Waals surface area contributed by atoms with Gasteiger partial charge in [-0.2, -0.15) is 0 Å². The van der Waals surface area contributed by atoms with Crippen LogP contribution in [0.3, 0.4) is 0 Å². The van der Waals surface area contributed by atoms with Crippen molar-refractivity contribution < 1.29 is 4.79 Å². The minimum atomic E-state index is 0.161. The van der Waals surface area contributed by atoms with E-state index in [1.54, 1.807) is 0 Å². The highest BCUT2D eigenvalue weighted by Gasteiger charge is 2.25. The van der Waals surface area contributed by atoms with E-state index >= 15 is 0 Å². The summed E-state index contributed by atoms with van der Waals surface area (Å²) < 4.78 is 0. The highest BCUT2D eigenvalue weighted by atomic mass is 16.2. The third-order valence-corrected chi connectivity index (χ3v) is 3.03. The van der Waals surface area contributed by atoms with Crippen LogP contribution in [0, 0.1) is 0 Å². The van der Waals surface area contributed by atoms with E-state index in [4.69, 9.17) is 0 Å². The number of hydrogen-bond acceptors (Lipinski definition) is 3. The molecule has 0 fully saturated rings. The molecule has 1 unspecified atom stereocenters. The Morgan fingerprint density at radius 3 is 3.00 bits per heavy atom. The molecule has 1 aromatic carbocycles. The van der Waals surface area contributed by atoms with E-state index in [0.29, 0.717) is 13.0 Å². The van der Waals surface area contributed by atoms with Crippen LogP contribution < -0.4 is 15.5 Å². The summed E-state index contributed by atoms with van der Waals surface area (Å²) in [5.41, 5.74) is 2.03. The number of carbonyl (C=O) groups is 1. The van der Waals surface area contributed by atoms with Crippen LogP contribution in [0.25, 0.3) is 0 Å². The van der Waals surface area contributed by atoms with Gasteiger partial charge in [0.05, 0.1) is 11.4 Å². The molecule has 17 heavy (non-hydrogen) atoms. The van der Waals surface area contributed by atoms with Crippen LogP contribution in [0.4, 0.5) is 11.4 Å². The van der Waals surface area contributed by atoms with Crippen molar-refractivity contribution in [3.63, 3.8) is 0 Å². The third-order valence-electron chi connectivity index (χ3n) is 3.03. The predicted molar refractivity (Wildman–Crippen MR) is 70.4 cm³/mol. The number of nitrogens with one attached hydrogen (secondary N) is 2. The first-order valence-electron chi connectivity index (χ1n) is 6.03. The molecule has 1 aliphatic heterocycles. The largest absolute Gasteiger partial charge is 0.383 e. The Morgan fingerprint density at radius 1 is 1.47 bits per heavy atom. The van der Waals surface area contributed by atoms with Gasteiger partial charge in [-0.25, -0.2) is 0 Å². The van der Waals surface area contributed by atoms with Crippen LogP contribution in [0.15, 0.2) is 24.3 Å². The van der Waals surface area contributed by atoms with Gasteiger partial charge < -0.3 is 15.5 Å². The van der Waals surface area contributed by atoms with E-state index in [0.717, 1.165) is 17.9 Å². The number of nitrogens with zero attached hydrogens (tertiary/aromatic N) is 1. The zero-order valence-corrected chi connectivity index (χ0v) is 10.4. The van der Waals surface area contributed by atoms with Gasteiger partial charge in [-0.15, -0.1) is 0 Å². The van der Waals surface area contributed by atoms with E-state index < -0.39 is 0 Å². The van der Waals surface area contributed by atoms with Gasteiger partial charge in [-0.05, 0) is 26.1 Å². The van der Waals surface area contributed by atoms with Gasteiger partial charge >= 0.3 is 0 Å². The number of benzene rings is 1. The number of para-hydroxylation sites is 2. The number of anilines is 2. The van der Waals surface area contributed by atoms with Crippen molar-refractivity contribution in [2.45, 2.75) is 19.4 Å². The number of hydrogen-bond donors (Lipinski definition) is 2. The van der Waals surface area contributed by atoms with Gasteiger partial charge in [-0.1, -0.05) is 12.1 Å². The van der Waals surface area contributed by atoms with E-state index in [-0.39, 0.29) is 11.9 Å². The lowest BCUT2D eigenvalue weighted by Gasteiger charge is -2.29. The molecule has 0 bridgehead atoms. The molecule has 2 rings (SSSR count). The van der Waals surface area contributed by atoms with E-state index in [9.17, 15) is 4.79 Å². The zero-order valence-electron chi connectivity index (χ0n) is 10.4. The Kier molecular flexibility index (Phi) is 3.64. The summed E-state index contributed by atoms with van der Waals surface area (Å²) in [6, 6.07) is 8.14. The Bertz CT molecular complexity index is 405. The van der Waals surface area contributed by atoms with Gasteiger partial charge in [0.2, 0.25) is 5.91 Å². The van der Waals surface area contributed by atoms with Crippen molar-refractivity contribution in [2.75, 3.05) is 30.4 Å². The lowest BCUT2D eigenvalue weighted by Crippen LogP contribution is -2.43. The SMILES string of the molecule is CNCC(C)N1C(=O)CCNc2ccccc21. The van der Waals surface area contributed by atoms with E-state index in [2.05, 4.69) is 17.6 Å². The first-order valence-corrected chi connectivity index (χ1v) is 6.03. The quantitative estimate of drug-likeness (QED) is 0.830. The Labute approximate surface area is 102 Å². The van der Waals surface area contributed by atoms with Gasteiger partial charge in [0.15, 0.2) is 0 Å². The smallest absolute Gasteiger partial charge is 0.229 e. The standard InChI is InChI=1S/C13H19N3O/c1-10(9-14-2)16-12-6-4-3-5-11(12)15-8-7-13(16)17/h3-6,10,14-15H,7-9H2,1-2H3. The Hall–Kier alpha value is -1.55. The minimum Gasteiger partial charge on any atom is -0.383 e. The third kappa shape index (κ3) is 2.42. The molecule has 4 heteroatoms. The molecule has 1 amide bonds. The van der Waals surface area contributed by atoms with Gasteiger partial charge in [-0.3, -0.25) is 4.79 Å². The fraction of sp³-hybridized carbons (Fsp3) is 0.462. The van der Waals surface area contributed by atoms with E-state index in [1.807, 2.05) is 36.2 Å². The molecule has 0 radical (unpaired) electrons. The monoisotopic (exact) mass is 233 g/mol. The molecule has 1 aromatic rings. The molecule has 0 saturated carbocycles. The molecule has 92 valence electrons. The molecule has 0 saturated heterocycles. The van der Waals surface area contributed by atoms with Crippen LogP contribution in [0.5, 0.6) is 0 Å². The zero-order chi connectivity index (χ0) is 12.3. The summed E-state index contributed by atoms with van der Waals surface area (Å²) in [6.45, 7) is 3.56. The maximum absolute atomic E-state index is 12.2. The number of fused-ring (bicyclic) bond motifs is 1. The Balaban J connectivity index is 2.36. The van der Waals surface area contributed by atoms with Crippen molar-refractivity contribution >= 4 is 17.3 Å². The van der Waals surface area contributed by atoms with Gasteiger partial charge in [0.1, 0.15) is 0 Å². The van der Waals surface area contributed by atoms with Crippen molar-refractivity contribution in [3.05, 3.63) is 24.3 Å². The summed E-state index contributed by atoms with van der Waals surface area (Å²) >= 11 is 0. The van der Waals surface area contributed by atoms with E-state index in [1.165, 1.54) is 0 Å². The van der Waals surface area contributed by atoms with Crippen LogP contribution in [-0.2, 0) is 4.79 Å². The number of amides is 1. The fourth-order valence-corrected chi connectivity index (χ4v) is 2.26. The molecular formula is C13H19N3O. The molecule has 2 N–H and O–H groups in total. The normalized spacial score (nSPS) is 17.1. The second-order valence-corrected chi connectivity index (χ2v) is 4.36. The molecular weight excluding hydrogens is 214 g/mol. The molecule has 1 heterocycles. The van der Waals surface area contributed by atoms with Crippen molar-refractivity contribution in [1.82, 2.24) is 5.32 Å². The average molecular weight is 233 g/mol. The van der Waals surface area contributed by atoms with Crippen LogP contribution >= 0.6 is 0 Å². The van der Waals surface area contributed by atoms with Crippen molar-refractivity contribution in [3.8, 4) is 0 Å². The molecule has 0 aromatic heterocycles. The molecule has 4 nitrogen and oxygen atoms in total. The van der Waals surface area contributed by atoms with Crippen LogP contribution in [0.1, 0.15) is 13.3 Å². The lowest BCUT2D eigenvalue weighted by molar-refractivity contribution is -0.118. The number of likely N-dealkylation sites (N-methyl/N-ethyl adjacent to an activating group) is 1. The molecule has 1 atom stereocenters. The van der Waals surface area contributed by atoms with Gasteiger partial charge in [0, 0.05) is 25.6 Å². The highest BCUT2D eigenvalue weighted by molar-refractivity contribution is 5.98. The minimum absolute atomic E-state index is 0.161. The fourth-order valence-electron chi connectivity index (χ4n) is 2.26. The summed E-state index contributed by atoms with van der Waals surface area (Å²) in [4.78, 5) is 14.0. The Morgan fingerprint density at radius 2 is 2.24 bits per heavy atom. The molecule has 0 aliphatic carbocycles. The molecule has 0 spiro atoms. The second kappa shape index (κ2) is 5.19. The highest BCUT2D eigenvalue weighted by Crippen LogP contribution is 2.29. The second-order valence-electron chi connectivity index (χ2n) is 4.36. The maximum atomic E-state index is 12.2. The maximum Gasteiger partial charge on any atom is 0.229 e. The summed E-state index contributed by atoms with van der Waals surface area (Å²) in [7, 11) is 1.91. The van der Waals surface area contributed by atoms with Crippen molar-refractivity contribution in [2.24, 2.45) is 0 Å². The van der Waals surface area contributed by atoms with Crippen LogP contribution in [0.2, 0.25) is 0 Å². The first-order chi connectivity index (χ1) is 8.24. The number of rotatable bonds is 3. The van der Waals surface area contributed by atoms with Gasteiger partial charge in [0.25, 0.3) is 0 Å². The summed E-state index contributed by atoms with van der Waals surface area (Å²) in [5.74, 6) is 0.185. The summed E-state index contributed by atoms with van der Waals surface area (Å²) in [6.07, 6.45) is 0.544. The topological polar surface area (TPSA) is 44.4 Å². The first kappa shape index (κ1) is 11.9. The van der Waals surface area contributed by atoms with Crippen molar-refractivity contribution in [1.29, 1.82) is 0 Å². The summed E-state index contributed by atoms with van der Waals surface area (Å²) in [5, 5.41) is 6.42. The lowest BCUT2D eigenvalue weighted by atomic mass is 10.2. The molecule has 1 aliphatic rings. The predicted octanol–water partition coefficient (Wildman–Crippen LogP) is 1.44.